The van der Waals surface area contributed by atoms with Crippen LogP contribution in [0.4, 0.5) is 0 Å². The second-order valence-electron chi connectivity index (χ2n) is 5.52. The summed E-state index contributed by atoms with van der Waals surface area (Å²) in [4.78, 5) is 28.7. The zero-order chi connectivity index (χ0) is 14.8. The molecule has 2 rings (SSSR count). The van der Waals surface area contributed by atoms with E-state index in [2.05, 4.69) is 4.98 Å². The lowest BCUT2D eigenvalue weighted by atomic mass is 10.1. The van der Waals surface area contributed by atoms with Crippen LogP contribution in [0.15, 0.2) is 29.4 Å². The minimum atomic E-state index is -0.540. The number of aldehydes is 1. The van der Waals surface area contributed by atoms with Crippen LogP contribution in [0.25, 0.3) is 0 Å². The predicted octanol–water partition coefficient (Wildman–Crippen LogP) is 2.25. The molecule has 0 spiro atoms. The zero-order valence-electron chi connectivity index (χ0n) is 11.7. The molecular formula is C14H18NO3S2+. The highest BCUT2D eigenvalue weighted by atomic mass is 33.1. The second kappa shape index (κ2) is 6.18. The van der Waals surface area contributed by atoms with Crippen molar-refractivity contribution in [2.24, 2.45) is 5.92 Å². The highest BCUT2D eigenvalue weighted by Gasteiger charge is 2.54. The first-order valence-corrected chi connectivity index (χ1v) is 9.16. The molecule has 108 valence electrons. The highest BCUT2D eigenvalue weighted by Crippen LogP contribution is 2.42. The molecule has 0 amide bonds. The fourth-order valence-corrected chi connectivity index (χ4v) is 6.95. The van der Waals surface area contributed by atoms with E-state index < -0.39 is 10.9 Å². The van der Waals surface area contributed by atoms with E-state index in [4.69, 9.17) is 4.74 Å². The Bertz CT molecular complexity index is 487. The van der Waals surface area contributed by atoms with Crippen LogP contribution in [0, 0.1) is 5.92 Å². The van der Waals surface area contributed by atoms with Crippen LogP contribution in [0.2, 0.25) is 0 Å². The molecule has 3 unspecified atom stereocenters. The molecule has 4 nitrogen and oxygen atoms in total. The fraction of sp³-hybridized carbons (Fsp3) is 0.500. The third-order valence-corrected chi connectivity index (χ3v) is 7.54. The summed E-state index contributed by atoms with van der Waals surface area (Å²) in [5.74, 6) is 0.0935. The summed E-state index contributed by atoms with van der Waals surface area (Å²) in [5, 5.41) is -0.402. The Balaban J connectivity index is 2.24. The number of esters is 1. The van der Waals surface area contributed by atoms with E-state index in [1.54, 1.807) is 23.2 Å². The third-order valence-electron chi connectivity index (χ3n) is 2.69. The van der Waals surface area contributed by atoms with E-state index in [-0.39, 0.29) is 21.8 Å². The topological polar surface area (TPSA) is 56.3 Å². The summed E-state index contributed by atoms with van der Waals surface area (Å²) in [5.41, 5.74) is -0.540. The van der Waals surface area contributed by atoms with Crippen LogP contribution in [0.5, 0.6) is 0 Å². The van der Waals surface area contributed by atoms with Gasteiger partial charge in [-0.05, 0) is 32.9 Å². The summed E-state index contributed by atoms with van der Waals surface area (Å²) in [6.45, 7) is 5.52. The lowest BCUT2D eigenvalue weighted by Crippen LogP contribution is -2.38. The quantitative estimate of drug-likeness (QED) is 0.371. The van der Waals surface area contributed by atoms with Crippen LogP contribution in [0.3, 0.4) is 0 Å². The summed E-state index contributed by atoms with van der Waals surface area (Å²) in [6, 6.07) is 3.80. The van der Waals surface area contributed by atoms with Crippen LogP contribution in [0.1, 0.15) is 20.8 Å². The number of hydrogen-bond donors (Lipinski definition) is 0. The van der Waals surface area contributed by atoms with Crippen molar-refractivity contribution in [1.29, 1.82) is 0 Å². The Labute approximate surface area is 125 Å². The molecule has 20 heavy (non-hydrogen) atoms. The van der Waals surface area contributed by atoms with Gasteiger partial charge in [-0.25, -0.2) is 4.79 Å². The second-order valence-corrected chi connectivity index (χ2v) is 9.45. The summed E-state index contributed by atoms with van der Waals surface area (Å²) in [6.07, 6.45) is 4.35. The predicted molar refractivity (Wildman–Crippen MR) is 81.5 cm³/mol. The molecular weight excluding hydrogens is 294 g/mol. The number of rotatable bonds is 3. The Kier molecular flexibility index (Phi) is 4.75. The van der Waals surface area contributed by atoms with E-state index in [0.717, 1.165) is 11.2 Å². The van der Waals surface area contributed by atoms with Crippen molar-refractivity contribution < 1.29 is 14.3 Å². The minimum Gasteiger partial charge on any atom is -0.456 e. The number of carbonyl (C=O) groups excluding carboxylic acids is 2. The van der Waals surface area contributed by atoms with Gasteiger partial charge in [0.1, 0.15) is 21.8 Å². The van der Waals surface area contributed by atoms with Crippen molar-refractivity contribution in [3.05, 3.63) is 24.5 Å². The van der Waals surface area contributed by atoms with Gasteiger partial charge in [0.15, 0.2) is 4.90 Å². The number of aromatic nitrogens is 1. The van der Waals surface area contributed by atoms with Crippen molar-refractivity contribution in [2.75, 3.05) is 5.75 Å². The van der Waals surface area contributed by atoms with Gasteiger partial charge in [0.2, 0.25) is 5.25 Å². The summed E-state index contributed by atoms with van der Waals surface area (Å²) < 4.78 is 5.48. The Hall–Kier alpha value is -1.01. The number of hydrogen-bond acceptors (Lipinski definition) is 5. The van der Waals surface area contributed by atoms with E-state index >= 15 is 0 Å². The maximum atomic E-state index is 12.4. The SMILES string of the molecule is CC(C)(C)OC(=O)C1C(C=O)CS[S+]1c1cccnc1. The monoisotopic (exact) mass is 312 g/mol. The van der Waals surface area contributed by atoms with Gasteiger partial charge in [0.05, 0.1) is 28.7 Å². The lowest BCUT2D eigenvalue weighted by Gasteiger charge is -2.21. The summed E-state index contributed by atoms with van der Waals surface area (Å²) >= 11 is 0. The largest absolute Gasteiger partial charge is 0.456 e. The van der Waals surface area contributed by atoms with Gasteiger partial charge in [-0.3, -0.25) is 4.98 Å². The van der Waals surface area contributed by atoms with Crippen molar-refractivity contribution >= 4 is 33.0 Å². The molecule has 1 aliphatic rings. The molecule has 1 fully saturated rings. The van der Waals surface area contributed by atoms with Gasteiger partial charge in [0.25, 0.3) is 0 Å². The third kappa shape index (κ3) is 3.55. The molecule has 3 atom stereocenters. The van der Waals surface area contributed by atoms with Crippen molar-refractivity contribution in [3.63, 3.8) is 0 Å². The number of ether oxygens (including phenoxy) is 1. The molecule has 0 N–H and O–H groups in total. The van der Waals surface area contributed by atoms with Gasteiger partial charge in [0, 0.05) is 6.20 Å². The van der Waals surface area contributed by atoms with Crippen LogP contribution in [-0.4, -0.2) is 33.8 Å². The molecule has 0 aromatic carbocycles. The molecule has 0 saturated carbocycles. The van der Waals surface area contributed by atoms with Crippen LogP contribution in [-0.2, 0) is 24.3 Å². The fourth-order valence-electron chi connectivity index (χ4n) is 1.88. The number of carbonyl (C=O) groups is 2. The van der Waals surface area contributed by atoms with Gasteiger partial charge in [-0.15, -0.1) is 0 Å². The minimum absolute atomic E-state index is 0.279. The molecule has 6 heteroatoms. The smallest absolute Gasteiger partial charge is 0.362 e. The van der Waals surface area contributed by atoms with Crippen molar-refractivity contribution in [1.82, 2.24) is 4.98 Å². The molecule has 1 aliphatic heterocycles. The molecule has 0 bridgehead atoms. The van der Waals surface area contributed by atoms with E-state index in [1.165, 1.54) is 0 Å². The molecule has 0 radical (unpaired) electrons. The molecule has 2 heterocycles. The average molecular weight is 312 g/mol. The van der Waals surface area contributed by atoms with E-state index in [9.17, 15) is 9.59 Å². The van der Waals surface area contributed by atoms with Gasteiger partial charge in [-0.2, -0.15) is 0 Å². The van der Waals surface area contributed by atoms with Crippen LogP contribution >= 0.6 is 10.8 Å². The maximum absolute atomic E-state index is 12.4. The first-order chi connectivity index (χ1) is 9.42. The number of pyridine rings is 1. The van der Waals surface area contributed by atoms with Gasteiger partial charge >= 0.3 is 5.97 Å². The normalized spacial score (nSPS) is 26.2. The van der Waals surface area contributed by atoms with Crippen molar-refractivity contribution in [2.45, 2.75) is 36.5 Å². The van der Waals surface area contributed by atoms with Crippen molar-refractivity contribution in [3.8, 4) is 0 Å². The zero-order valence-corrected chi connectivity index (χ0v) is 13.4. The summed E-state index contributed by atoms with van der Waals surface area (Å²) in [7, 11) is 1.27. The van der Waals surface area contributed by atoms with Crippen LogP contribution < -0.4 is 0 Å². The standard InChI is InChI=1S/C14H18NO3S2/c1-14(2,3)18-13(17)12-10(8-16)9-19-20(12)11-5-4-6-15-7-11/h4-8,10,12H,9H2,1-3H3/q+1. The molecule has 1 aromatic rings. The first-order valence-electron chi connectivity index (χ1n) is 6.37. The molecule has 1 aromatic heterocycles. The Morgan fingerprint density at radius 3 is 2.85 bits per heavy atom. The van der Waals surface area contributed by atoms with Gasteiger partial charge < -0.3 is 9.53 Å². The number of nitrogens with zero attached hydrogens (tertiary/aromatic N) is 1. The van der Waals surface area contributed by atoms with Gasteiger partial charge in [-0.1, -0.05) is 0 Å². The highest BCUT2D eigenvalue weighted by molar-refractivity contribution is 8.75. The first kappa shape index (κ1) is 15.4. The average Bonchev–Trinajstić information content (AvgIpc) is 2.81. The van der Waals surface area contributed by atoms with E-state index in [1.807, 2.05) is 32.9 Å². The molecule has 1 saturated heterocycles. The maximum Gasteiger partial charge on any atom is 0.362 e. The lowest BCUT2D eigenvalue weighted by molar-refractivity contribution is -0.155. The Morgan fingerprint density at radius 2 is 2.30 bits per heavy atom. The van der Waals surface area contributed by atoms with E-state index in [0.29, 0.717) is 5.75 Å². The molecule has 0 aliphatic carbocycles. The Morgan fingerprint density at radius 1 is 1.55 bits per heavy atom.